The van der Waals surface area contributed by atoms with Crippen molar-refractivity contribution in [2.45, 2.75) is 158 Å². The number of nitrogens with two attached hydrogens (primary N) is 1. The van der Waals surface area contributed by atoms with Crippen molar-refractivity contribution in [2.75, 3.05) is 58.1 Å². The lowest BCUT2D eigenvalue weighted by Gasteiger charge is -2.24. The van der Waals surface area contributed by atoms with Crippen LogP contribution >= 0.6 is 0 Å². The van der Waals surface area contributed by atoms with Gasteiger partial charge in [0, 0.05) is 102 Å². The van der Waals surface area contributed by atoms with Gasteiger partial charge in [0.15, 0.2) is 0 Å². The molecule has 0 saturated carbocycles. The number of hydrogen-bond donors (Lipinski definition) is 5. The molecule has 0 aliphatic carbocycles. The van der Waals surface area contributed by atoms with Crippen LogP contribution in [0.25, 0.3) is 11.1 Å². The summed E-state index contributed by atoms with van der Waals surface area (Å²) < 4.78 is 23.8. The molecule has 6 N–H and O–H groups in total. The van der Waals surface area contributed by atoms with Crippen LogP contribution in [0.5, 0.6) is 5.75 Å². The van der Waals surface area contributed by atoms with Crippen LogP contribution in [-0.2, 0) is 98.7 Å². The van der Waals surface area contributed by atoms with Crippen molar-refractivity contribution in [2.24, 2.45) is 5.73 Å². The third-order valence-corrected chi connectivity index (χ3v) is 15.7. The lowest BCUT2D eigenvalue weighted by atomic mass is 10.0. The fourth-order valence-corrected chi connectivity index (χ4v) is 10.8. The maximum atomic E-state index is 14.0. The minimum Gasteiger partial charge on any atom is -0.494 e. The second kappa shape index (κ2) is 43.3. The first-order valence-corrected chi connectivity index (χ1v) is 33.1. The Bertz CT molecular complexity index is 3350. The lowest BCUT2D eigenvalue weighted by Crippen LogP contribution is -2.35. The molecule has 20 heteroatoms. The molecule has 20 nitrogen and oxygen atoms in total. The first-order chi connectivity index (χ1) is 46.1. The zero-order valence-corrected chi connectivity index (χ0v) is 54.8. The number of aromatic nitrogens is 6. The Kier molecular flexibility index (Phi) is 34.4. The molecule has 3 amide bonds. The predicted octanol–water partition coefficient (Wildman–Crippen LogP) is 12.5. The molecule has 0 atom stereocenters. The number of aromatic amines is 2. The second-order valence-corrected chi connectivity index (χ2v) is 23.6. The molecule has 0 radical (unpaired) electrons. The zero-order chi connectivity index (χ0) is 65.8. The van der Waals surface area contributed by atoms with Gasteiger partial charge < -0.3 is 50.2 Å². The summed E-state index contributed by atoms with van der Waals surface area (Å²) in [5, 5.41) is 5.86. The summed E-state index contributed by atoms with van der Waals surface area (Å²) in [5.41, 5.74) is 15.3. The van der Waals surface area contributed by atoms with Crippen molar-refractivity contribution >= 4 is 29.3 Å². The van der Waals surface area contributed by atoms with E-state index in [2.05, 4.69) is 109 Å². The summed E-state index contributed by atoms with van der Waals surface area (Å²) in [7, 11) is 0. The van der Waals surface area contributed by atoms with Gasteiger partial charge >= 0.3 is 0 Å². The first-order valence-electron chi connectivity index (χ1n) is 33.1. The topological polar surface area (TPSA) is 248 Å². The minimum absolute atomic E-state index is 0. The largest absolute Gasteiger partial charge is 0.494 e. The number of nitrogens with one attached hydrogen (secondary N) is 4. The first kappa shape index (κ1) is 76.3. The van der Waals surface area contributed by atoms with Gasteiger partial charge in [0.25, 0.3) is 0 Å². The number of pyridine rings is 2. The quantitative estimate of drug-likeness (QED) is 0.0223. The zero-order valence-electron chi connectivity index (χ0n) is 54.8. The third-order valence-electron chi connectivity index (χ3n) is 15.7. The highest BCUT2D eigenvalue weighted by Gasteiger charge is 2.19. The van der Waals surface area contributed by atoms with E-state index in [0.29, 0.717) is 116 Å². The van der Waals surface area contributed by atoms with Gasteiger partial charge in [0.05, 0.1) is 57.5 Å². The molecule has 0 aliphatic heterocycles. The standard InChI is InChI=1S/C74H94N12O8.2CH4/c1-3-5-8-21-67(87)45-64-18-14-19-65(81-64)51-84(53-70-76-32-33-77-70)48-60-42-61(49-85(54-71-78-34-35-79-71)52-66-20-15-22-69(82-66)83-72(88)23-9-6-4-2)44-68(43-60)94-37-13-12-36-86(50-59-28-30-63(31-29-59)62-16-10-7-11-17-62)74(90)56-93-41-39-91-38-40-92-55-73(89)80-47-58-26-24-57(46-75)25-27-58;;/h7,10-11,14-20,22,24-35,42-44H,3-6,8-9,12-13,21,23,36-41,45-56,75H2,1-2H3,(H,76,77)(H,78,79)(H,80,89)(H,82,83,88);2*1H4. The molecular formula is C76H102N12O8. The smallest absolute Gasteiger partial charge is 0.248 e. The maximum Gasteiger partial charge on any atom is 0.248 e. The number of carbonyl (C=O) groups is 4. The predicted molar refractivity (Wildman–Crippen MR) is 378 cm³/mol. The molecule has 4 aromatic heterocycles. The Morgan fingerprint density at radius 1 is 0.510 bits per heavy atom. The number of nitrogens with zero attached hydrogens (tertiary/aromatic N) is 7. The summed E-state index contributed by atoms with van der Waals surface area (Å²) in [5.74, 6) is 2.62. The summed E-state index contributed by atoms with van der Waals surface area (Å²) in [4.78, 5) is 84.3. The molecular weight excluding hydrogens is 1210 g/mol. The number of unbranched alkanes of at least 4 members (excludes halogenated alkanes) is 5. The Balaban J connectivity index is 0.00000729. The molecule has 0 saturated heterocycles. The molecule has 4 heterocycles. The number of benzene rings is 4. The van der Waals surface area contributed by atoms with Crippen LogP contribution in [0.15, 0.2) is 158 Å². The molecule has 514 valence electrons. The summed E-state index contributed by atoms with van der Waals surface area (Å²) in [6.45, 7) is 10.1. The molecule has 0 bridgehead atoms. The number of hydrogen-bond acceptors (Lipinski definition) is 15. The van der Waals surface area contributed by atoms with Crippen molar-refractivity contribution in [1.82, 2.24) is 49.9 Å². The average Bonchev–Trinajstić information content (AvgIpc) is 1.09. The third kappa shape index (κ3) is 28.3. The summed E-state index contributed by atoms with van der Waals surface area (Å²) >= 11 is 0. The van der Waals surface area contributed by atoms with E-state index in [-0.39, 0.29) is 78.0 Å². The SMILES string of the molecule is C.C.CCCCCC(=O)Cc1cccc(CN(Cc2cc(CN(Cc3cccc(NC(=O)CCCCC)n3)Cc3ncc[nH]3)cc(OCCCCN(Cc3ccc(-c4ccccc4)cc3)C(=O)COCCOCCOCC(=O)NCc3ccc(CN)cc3)c2)Cc2ncc[nH]2)n1. The maximum absolute atomic E-state index is 14.0. The van der Waals surface area contributed by atoms with E-state index in [1.165, 1.54) is 0 Å². The van der Waals surface area contributed by atoms with Gasteiger partial charge in [0.1, 0.15) is 42.2 Å². The Morgan fingerprint density at radius 2 is 1.09 bits per heavy atom. The Morgan fingerprint density at radius 3 is 1.73 bits per heavy atom. The van der Waals surface area contributed by atoms with Crippen molar-refractivity contribution < 1.29 is 38.1 Å². The van der Waals surface area contributed by atoms with E-state index in [4.69, 9.17) is 34.6 Å². The number of imidazole rings is 2. The normalized spacial score (nSPS) is 11.1. The number of anilines is 1. The molecule has 96 heavy (non-hydrogen) atoms. The van der Waals surface area contributed by atoms with Crippen molar-refractivity contribution in [3.8, 4) is 16.9 Å². The summed E-state index contributed by atoms with van der Waals surface area (Å²) in [6.07, 6.45) is 15.6. The van der Waals surface area contributed by atoms with Gasteiger partial charge in [-0.05, 0) is 101 Å². The molecule has 0 aliphatic rings. The number of carbonyl (C=O) groups excluding carboxylic acids is 4. The fraction of sp³-hybridized carbons (Fsp3) is 0.421. The van der Waals surface area contributed by atoms with Crippen LogP contribution in [0.4, 0.5) is 5.82 Å². The lowest BCUT2D eigenvalue weighted by molar-refractivity contribution is -0.137. The van der Waals surface area contributed by atoms with Crippen molar-refractivity contribution in [3.63, 3.8) is 0 Å². The van der Waals surface area contributed by atoms with Gasteiger partial charge in [-0.3, -0.25) is 34.0 Å². The summed E-state index contributed by atoms with van der Waals surface area (Å²) in [6, 6.07) is 44.3. The average molecular weight is 1310 g/mol. The van der Waals surface area contributed by atoms with Gasteiger partial charge in [-0.2, -0.15) is 0 Å². The van der Waals surface area contributed by atoms with E-state index in [9.17, 15) is 19.2 Å². The second-order valence-electron chi connectivity index (χ2n) is 23.6. The monoisotopic (exact) mass is 1310 g/mol. The van der Waals surface area contributed by atoms with Crippen LogP contribution < -0.4 is 21.1 Å². The number of rotatable bonds is 45. The number of amides is 3. The minimum atomic E-state index is -0.221. The Labute approximate surface area is 568 Å². The van der Waals surface area contributed by atoms with E-state index < -0.39 is 0 Å². The van der Waals surface area contributed by atoms with Crippen LogP contribution in [0, 0.1) is 0 Å². The van der Waals surface area contributed by atoms with E-state index in [1.807, 2.05) is 96.2 Å². The Hall–Kier alpha value is -8.76. The van der Waals surface area contributed by atoms with Crippen LogP contribution in [0.3, 0.4) is 0 Å². The number of ether oxygens (including phenoxy) is 4. The van der Waals surface area contributed by atoms with Gasteiger partial charge in [-0.1, -0.05) is 151 Å². The van der Waals surface area contributed by atoms with Crippen molar-refractivity contribution in [3.05, 3.63) is 215 Å². The van der Waals surface area contributed by atoms with Gasteiger partial charge in [-0.15, -0.1) is 0 Å². The number of Topliss-reactive ketones (excluding diaryl/α,β-unsaturated/α-hetero) is 1. The molecule has 0 spiro atoms. The highest BCUT2D eigenvalue weighted by Crippen LogP contribution is 2.25. The molecule has 4 aromatic carbocycles. The molecule has 0 unspecified atom stereocenters. The fourth-order valence-electron chi connectivity index (χ4n) is 10.8. The van der Waals surface area contributed by atoms with Crippen LogP contribution in [0.2, 0.25) is 0 Å². The van der Waals surface area contributed by atoms with E-state index in [0.717, 1.165) is 106 Å². The molecule has 0 fully saturated rings. The van der Waals surface area contributed by atoms with E-state index >= 15 is 0 Å². The molecule has 8 aromatic rings. The number of H-pyrrole nitrogens is 2. The highest BCUT2D eigenvalue weighted by atomic mass is 16.5. The van der Waals surface area contributed by atoms with Gasteiger partial charge in [0.2, 0.25) is 17.7 Å². The van der Waals surface area contributed by atoms with Gasteiger partial charge in [-0.25, -0.2) is 15.0 Å². The van der Waals surface area contributed by atoms with E-state index in [1.54, 1.807) is 12.4 Å². The molecule has 8 rings (SSSR count). The highest BCUT2D eigenvalue weighted by molar-refractivity contribution is 5.89. The number of ketones is 1. The van der Waals surface area contributed by atoms with Crippen LogP contribution in [0.1, 0.15) is 149 Å². The van der Waals surface area contributed by atoms with Crippen LogP contribution in [-0.4, -0.2) is 121 Å². The van der Waals surface area contributed by atoms with Crippen molar-refractivity contribution in [1.29, 1.82) is 0 Å².